The van der Waals surface area contributed by atoms with Crippen molar-refractivity contribution in [1.29, 1.82) is 0 Å². The lowest BCUT2D eigenvalue weighted by molar-refractivity contribution is 1.14. The molecule has 0 unspecified atom stereocenters. The summed E-state index contributed by atoms with van der Waals surface area (Å²) in [6.07, 6.45) is 1.54. The van der Waals surface area contributed by atoms with Crippen molar-refractivity contribution in [2.75, 3.05) is 0 Å². The molecule has 0 fully saturated rings. The van der Waals surface area contributed by atoms with Crippen molar-refractivity contribution >= 4 is 31.9 Å². The molecule has 0 aliphatic carbocycles. The maximum absolute atomic E-state index is 4.18. The van der Waals surface area contributed by atoms with Crippen LogP contribution in [0.15, 0.2) is 45.7 Å². The first-order chi connectivity index (χ1) is 6.75. The van der Waals surface area contributed by atoms with Gasteiger partial charge in [-0.15, -0.1) is 0 Å². The van der Waals surface area contributed by atoms with Crippen LogP contribution in [0.1, 0.15) is 0 Å². The fraction of sp³-hybridized carbons (Fsp3) is 0. The van der Waals surface area contributed by atoms with Crippen molar-refractivity contribution in [2.45, 2.75) is 0 Å². The van der Waals surface area contributed by atoms with Gasteiger partial charge in [-0.05, 0) is 34.1 Å². The highest BCUT2D eigenvalue weighted by Crippen LogP contribution is 2.21. The molecule has 0 N–H and O–H groups in total. The Labute approximate surface area is 98.7 Å². The number of rotatable bonds is 1. The van der Waals surface area contributed by atoms with Gasteiger partial charge in [0.05, 0.1) is 5.69 Å². The highest BCUT2D eigenvalue weighted by molar-refractivity contribution is 9.10. The molecular formula is C10H6Br2N2. The summed E-state index contributed by atoms with van der Waals surface area (Å²) >= 11 is 6.70. The molecule has 2 nitrogen and oxygen atoms in total. The molecule has 0 amide bonds. The van der Waals surface area contributed by atoms with Crippen LogP contribution < -0.4 is 0 Å². The first kappa shape index (κ1) is 9.80. The van der Waals surface area contributed by atoms with Gasteiger partial charge in [-0.25, -0.2) is 9.97 Å². The molecule has 70 valence electrons. The summed E-state index contributed by atoms with van der Waals surface area (Å²) in [6.45, 7) is 0. The van der Waals surface area contributed by atoms with E-state index in [1.807, 2.05) is 30.3 Å². The second kappa shape index (κ2) is 4.19. The van der Waals surface area contributed by atoms with Crippen LogP contribution in [0, 0.1) is 0 Å². The van der Waals surface area contributed by atoms with Gasteiger partial charge in [0, 0.05) is 10.0 Å². The van der Waals surface area contributed by atoms with Gasteiger partial charge >= 0.3 is 0 Å². The number of nitrogens with zero attached hydrogens (tertiary/aromatic N) is 2. The summed E-state index contributed by atoms with van der Waals surface area (Å²) in [5, 5.41) is 0. The largest absolute Gasteiger partial charge is 0.236 e. The smallest absolute Gasteiger partial charge is 0.117 e. The Morgan fingerprint density at radius 1 is 0.929 bits per heavy atom. The molecule has 0 atom stereocenters. The summed E-state index contributed by atoms with van der Waals surface area (Å²) in [6, 6.07) is 9.90. The zero-order chi connectivity index (χ0) is 9.97. The molecule has 1 heterocycles. The van der Waals surface area contributed by atoms with Crippen molar-refractivity contribution in [3.63, 3.8) is 0 Å². The van der Waals surface area contributed by atoms with Crippen LogP contribution in [0.5, 0.6) is 0 Å². The van der Waals surface area contributed by atoms with Crippen molar-refractivity contribution < 1.29 is 0 Å². The topological polar surface area (TPSA) is 25.8 Å². The highest BCUT2D eigenvalue weighted by Gasteiger charge is 1.99. The van der Waals surface area contributed by atoms with E-state index in [0.717, 1.165) is 20.3 Å². The second-order valence-electron chi connectivity index (χ2n) is 2.73. The summed E-state index contributed by atoms with van der Waals surface area (Å²) in [7, 11) is 0. The number of benzene rings is 1. The Morgan fingerprint density at radius 3 is 2.29 bits per heavy atom. The third kappa shape index (κ3) is 2.19. The fourth-order valence-electron chi connectivity index (χ4n) is 1.11. The number of aromatic nitrogens is 2. The van der Waals surface area contributed by atoms with E-state index in [4.69, 9.17) is 0 Å². The predicted octanol–water partition coefficient (Wildman–Crippen LogP) is 3.67. The Bertz CT molecular complexity index is 440. The molecule has 0 aliphatic rings. The van der Waals surface area contributed by atoms with E-state index in [1.165, 1.54) is 0 Å². The first-order valence-electron chi connectivity index (χ1n) is 3.99. The molecule has 1 aromatic carbocycles. The lowest BCUT2D eigenvalue weighted by Gasteiger charge is -2.00. The Balaban J connectivity index is 2.44. The molecule has 2 rings (SSSR count). The third-order valence-corrected chi connectivity index (χ3v) is 2.74. The van der Waals surface area contributed by atoms with E-state index < -0.39 is 0 Å². The minimum atomic E-state index is 0.797. The minimum absolute atomic E-state index is 0.797. The van der Waals surface area contributed by atoms with Crippen LogP contribution in [-0.4, -0.2) is 9.97 Å². The van der Waals surface area contributed by atoms with E-state index in [0.29, 0.717) is 0 Å². The Morgan fingerprint density at radius 2 is 1.64 bits per heavy atom. The van der Waals surface area contributed by atoms with Crippen molar-refractivity contribution in [3.05, 3.63) is 45.7 Å². The highest BCUT2D eigenvalue weighted by atomic mass is 79.9. The molecule has 0 radical (unpaired) electrons. The molecular weight excluding hydrogens is 308 g/mol. The molecule has 1 aromatic heterocycles. The molecule has 0 saturated heterocycles. The minimum Gasteiger partial charge on any atom is -0.236 e. The van der Waals surface area contributed by atoms with E-state index in [-0.39, 0.29) is 0 Å². The summed E-state index contributed by atoms with van der Waals surface area (Å²) < 4.78 is 1.86. The van der Waals surface area contributed by atoms with Gasteiger partial charge in [-0.1, -0.05) is 28.1 Å². The zero-order valence-electron chi connectivity index (χ0n) is 7.11. The molecule has 4 heteroatoms. The Hall–Kier alpha value is -0.740. The van der Waals surface area contributed by atoms with Gasteiger partial charge in [-0.2, -0.15) is 0 Å². The predicted molar refractivity (Wildman–Crippen MR) is 62.9 cm³/mol. The fourth-order valence-corrected chi connectivity index (χ4v) is 1.68. The SMILES string of the molecule is Brc1ccc(-c2cc(Br)ncn2)cc1. The molecule has 0 saturated carbocycles. The maximum atomic E-state index is 4.18. The van der Waals surface area contributed by atoms with Crippen LogP contribution in [0.3, 0.4) is 0 Å². The number of halogens is 2. The second-order valence-corrected chi connectivity index (χ2v) is 4.46. The van der Waals surface area contributed by atoms with Crippen LogP contribution in [0.2, 0.25) is 0 Å². The van der Waals surface area contributed by atoms with Gasteiger partial charge in [-0.3, -0.25) is 0 Å². The Kier molecular flexibility index (Phi) is 2.93. The average molecular weight is 314 g/mol. The lowest BCUT2D eigenvalue weighted by atomic mass is 10.1. The number of hydrogen-bond donors (Lipinski definition) is 0. The van der Waals surface area contributed by atoms with E-state index in [2.05, 4.69) is 41.8 Å². The van der Waals surface area contributed by atoms with Gasteiger partial charge in [0.2, 0.25) is 0 Å². The molecule has 0 spiro atoms. The third-order valence-electron chi connectivity index (χ3n) is 1.77. The van der Waals surface area contributed by atoms with Gasteiger partial charge < -0.3 is 0 Å². The molecule has 0 aliphatic heterocycles. The molecule has 2 aromatic rings. The normalized spacial score (nSPS) is 10.1. The monoisotopic (exact) mass is 312 g/mol. The molecule has 0 bridgehead atoms. The standard InChI is InChI=1S/C10H6Br2N2/c11-8-3-1-7(2-4-8)9-5-10(12)14-6-13-9/h1-6H. The van der Waals surface area contributed by atoms with Crippen LogP contribution in [0.25, 0.3) is 11.3 Å². The van der Waals surface area contributed by atoms with E-state index in [1.54, 1.807) is 6.33 Å². The lowest BCUT2D eigenvalue weighted by Crippen LogP contribution is -1.85. The van der Waals surface area contributed by atoms with Crippen molar-refractivity contribution in [3.8, 4) is 11.3 Å². The van der Waals surface area contributed by atoms with Crippen molar-refractivity contribution in [2.24, 2.45) is 0 Å². The summed E-state index contributed by atoms with van der Waals surface area (Å²) in [5.74, 6) is 0. The first-order valence-corrected chi connectivity index (χ1v) is 5.58. The summed E-state index contributed by atoms with van der Waals surface area (Å²) in [4.78, 5) is 8.16. The maximum Gasteiger partial charge on any atom is 0.117 e. The molecule has 14 heavy (non-hydrogen) atoms. The van der Waals surface area contributed by atoms with Crippen LogP contribution >= 0.6 is 31.9 Å². The average Bonchev–Trinajstić information content (AvgIpc) is 2.19. The van der Waals surface area contributed by atoms with Crippen LogP contribution in [-0.2, 0) is 0 Å². The van der Waals surface area contributed by atoms with Crippen molar-refractivity contribution in [1.82, 2.24) is 9.97 Å². The van der Waals surface area contributed by atoms with Gasteiger partial charge in [0.15, 0.2) is 0 Å². The van der Waals surface area contributed by atoms with Gasteiger partial charge in [0.25, 0.3) is 0 Å². The van der Waals surface area contributed by atoms with Crippen LogP contribution in [0.4, 0.5) is 0 Å². The zero-order valence-corrected chi connectivity index (χ0v) is 10.3. The number of hydrogen-bond acceptors (Lipinski definition) is 2. The quantitative estimate of drug-likeness (QED) is 0.751. The van der Waals surface area contributed by atoms with E-state index in [9.17, 15) is 0 Å². The van der Waals surface area contributed by atoms with Gasteiger partial charge in [0.1, 0.15) is 10.9 Å². The van der Waals surface area contributed by atoms with E-state index >= 15 is 0 Å². The summed E-state index contributed by atoms with van der Waals surface area (Å²) in [5.41, 5.74) is 2.00.